The molecule has 0 saturated carbocycles. The molecule has 2 unspecified atom stereocenters. The summed E-state index contributed by atoms with van der Waals surface area (Å²) in [7, 11) is 0. The molecule has 0 aromatic rings. The monoisotopic (exact) mass is 316 g/mol. The van der Waals surface area contributed by atoms with Gasteiger partial charge in [0, 0.05) is 0 Å². The molecule has 0 N–H and O–H groups in total. The van der Waals surface area contributed by atoms with Gasteiger partial charge in [0.2, 0.25) is 0 Å². The van der Waals surface area contributed by atoms with Gasteiger partial charge in [-0.2, -0.15) is 0 Å². The summed E-state index contributed by atoms with van der Waals surface area (Å²) < 4.78 is 0. The van der Waals surface area contributed by atoms with E-state index >= 15 is 0 Å². The van der Waals surface area contributed by atoms with Crippen molar-refractivity contribution in [3.8, 4) is 0 Å². The number of allylic oxidation sites excluding steroid dienone is 2. The third-order valence-corrected chi connectivity index (χ3v) is 4.63. The highest BCUT2D eigenvalue weighted by Gasteiger charge is 2.06. The van der Waals surface area contributed by atoms with Crippen LogP contribution in [0.5, 0.6) is 0 Å². The summed E-state index contributed by atoms with van der Waals surface area (Å²) in [5.74, 6) is 2.73. The molecule has 0 aromatic heterocycles. The molecule has 0 spiro atoms. The maximum atomic E-state index is 2.44. The molecule has 0 saturated heterocycles. The van der Waals surface area contributed by atoms with E-state index in [1.54, 1.807) is 5.57 Å². The summed E-state index contributed by atoms with van der Waals surface area (Å²) in [6, 6.07) is 0. The van der Waals surface area contributed by atoms with Gasteiger partial charge in [-0.05, 0) is 44.4 Å². The maximum absolute atomic E-state index is 2.44. The molecule has 0 radical (unpaired) electrons. The van der Waals surface area contributed by atoms with Crippen molar-refractivity contribution in [1.82, 2.24) is 0 Å². The SMILES string of the molecule is CC=C(C)CCCC(C)CCCC(C)CCCC(C)C.Cl. The Bertz CT molecular complexity index is 242. The van der Waals surface area contributed by atoms with Crippen LogP contribution < -0.4 is 0 Å². The number of hydrogen-bond acceptors (Lipinski definition) is 0. The van der Waals surface area contributed by atoms with Gasteiger partial charge in [0.15, 0.2) is 0 Å². The van der Waals surface area contributed by atoms with E-state index < -0.39 is 0 Å². The van der Waals surface area contributed by atoms with Crippen LogP contribution in [0.15, 0.2) is 11.6 Å². The third kappa shape index (κ3) is 16.2. The summed E-state index contributed by atoms with van der Waals surface area (Å²) in [5, 5.41) is 0. The van der Waals surface area contributed by atoms with Crippen molar-refractivity contribution < 1.29 is 0 Å². The first-order valence-electron chi connectivity index (χ1n) is 9.07. The second kappa shape index (κ2) is 14.9. The van der Waals surface area contributed by atoms with E-state index in [4.69, 9.17) is 0 Å². The summed E-state index contributed by atoms with van der Waals surface area (Å²) in [6.45, 7) is 14.0. The van der Waals surface area contributed by atoms with Gasteiger partial charge >= 0.3 is 0 Å². The van der Waals surface area contributed by atoms with Crippen molar-refractivity contribution in [2.24, 2.45) is 17.8 Å². The second-order valence-corrected chi connectivity index (χ2v) is 7.49. The highest BCUT2D eigenvalue weighted by Crippen LogP contribution is 2.21. The smallest absolute Gasteiger partial charge is 0.0323 e. The lowest BCUT2D eigenvalue weighted by Crippen LogP contribution is -2.00. The number of rotatable bonds is 12. The lowest BCUT2D eigenvalue weighted by Gasteiger charge is -2.15. The van der Waals surface area contributed by atoms with Crippen LogP contribution >= 0.6 is 12.4 Å². The topological polar surface area (TPSA) is 0 Å². The molecule has 0 fully saturated rings. The fourth-order valence-electron chi connectivity index (χ4n) is 2.85. The van der Waals surface area contributed by atoms with Gasteiger partial charge in [-0.3, -0.25) is 0 Å². The maximum Gasteiger partial charge on any atom is -0.0323 e. The van der Waals surface area contributed by atoms with Crippen LogP contribution in [0.25, 0.3) is 0 Å². The first-order chi connectivity index (χ1) is 9.45. The molecule has 0 aliphatic heterocycles. The fourth-order valence-corrected chi connectivity index (χ4v) is 2.85. The first kappa shape index (κ1) is 23.3. The van der Waals surface area contributed by atoms with Gasteiger partial charge in [0.25, 0.3) is 0 Å². The predicted molar refractivity (Wildman–Crippen MR) is 101 cm³/mol. The van der Waals surface area contributed by atoms with Gasteiger partial charge in [0.1, 0.15) is 0 Å². The minimum absolute atomic E-state index is 0. The van der Waals surface area contributed by atoms with Crippen molar-refractivity contribution in [2.75, 3.05) is 0 Å². The van der Waals surface area contributed by atoms with Crippen molar-refractivity contribution >= 4 is 12.4 Å². The Hall–Kier alpha value is 0.0300. The molecule has 0 amide bonds. The second-order valence-electron chi connectivity index (χ2n) is 7.49. The highest BCUT2D eigenvalue weighted by molar-refractivity contribution is 5.85. The van der Waals surface area contributed by atoms with Gasteiger partial charge in [-0.1, -0.05) is 84.3 Å². The Morgan fingerprint density at radius 1 is 0.762 bits per heavy atom. The quantitative estimate of drug-likeness (QED) is 0.322. The van der Waals surface area contributed by atoms with Gasteiger partial charge < -0.3 is 0 Å². The first-order valence-corrected chi connectivity index (χ1v) is 9.07. The van der Waals surface area contributed by atoms with Gasteiger partial charge in [0.05, 0.1) is 0 Å². The van der Waals surface area contributed by atoms with Crippen LogP contribution in [0.4, 0.5) is 0 Å². The minimum Gasteiger partial charge on any atom is -0.147 e. The number of hydrogen-bond donors (Lipinski definition) is 0. The van der Waals surface area contributed by atoms with E-state index in [1.165, 1.54) is 57.8 Å². The molecule has 1 heteroatoms. The zero-order valence-corrected chi connectivity index (χ0v) is 16.4. The molecule has 0 aliphatic carbocycles. The molecule has 0 bridgehead atoms. The van der Waals surface area contributed by atoms with Crippen molar-refractivity contribution in [3.05, 3.63) is 11.6 Å². The fraction of sp³-hybridized carbons (Fsp3) is 0.900. The lowest BCUT2D eigenvalue weighted by atomic mass is 9.91. The largest absolute Gasteiger partial charge is 0.147 e. The Morgan fingerprint density at radius 3 is 1.62 bits per heavy atom. The minimum atomic E-state index is 0. The van der Waals surface area contributed by atoms with Crippen LogP contribution in [0.1, 0.15) is 99.3 Å². The zero-order valence-electron chi connectivity index (χ0n) is 15.6. The molecule has 0 nitrogen and oxygen atoms in total. The highest BCUT2D eigenvalue weighted by atomic mass is 35.5. The summed E-state index contributed by atoms with van der Waals surface area (Å²) in [5.41, 5.74) is 1.55. The Labute approximate surface area is 141 Å². The van der Waals surface area contributed by atoms with Crippen LogP contribution in [-0.4, -0.2) is 0 Å². The zero-order chi connectivity index (χ0) is 15.4. The van der Waals surface area contributed by atoms with E-state index in [9.17, 15) is 0 Å². The van der Waals surface area contributed by atoms with Gasteiger partial charge in [-0.15, -0.1) is 12.4 Å². The Morgan fingerprint density at radius 2 is 1.19 bits per heavy atom. The molecule has 0 aromatic carbocycles. The summed E-state index contributed by atoms with van der Waals surface area (Å²) in [6.07, 6.45) is 14.9. The Kier molecular flexibility index (Phi) is 16.6. The number of halogens is 1. The molecule has 0 rings (SSSR count). The van der Waals surface area contributed by atoms with Crippen LogP contribution in [-0.2, 0) is 0 Å². The van der Waals surface area contributed by atoms with Crippen LogP contribution in [0, 0.1) is 17.8 Å². The average molecular weight is 317 g/mol. The van der Waals surface area contributed by atoms with E-state index in [-0.39, 0.29) is 12.4 Å². The lowest BCUT2D eigenvalue weighted by molar-refractivity contribution is 0.389. The van der Waals surface area contributed by atoms with Crippen LogP contribution in [0.2, 0.25) is 0 Å². The van der Waals surface area contributed by atoms with Crippen molar-refractivity contribution in [1.29, 1.82) is 0 Å². The normalized spacial score (nSPS) is 14.9. The molecule has 128 valence electrons. The average Bonchev–Trinajstić information content (AvgIpc) is 2.38. The third-order valence-electron chi connectivity index (χ3n) is 4.63. The molecular formula is C20H41Cl. The van der Waals surface area contributed by atoms with E-state index in [2.05, 4.69) is 47.6 Å². The van der Waals surface area contributed by atoms with Crippen molar-refractivity contribution in [2.45, 2.75) is 99.3 Å². The molecule has 0 heterocycles. The van der Waals surface area contributed by atoms with Crippen LogP contribution in [0.3, 0.4) is 0 Å². The Balaban J connectivity index is 0. The molecule has 21 heavy (non-hydrogen) atoms. The molecule has 2 atom stereocenters. The standard InChI is InChI=1S/C20H40.ClH/c1-7-18(4)12-9-14-20(6)16-10-15-19(5)13-8-11-17(2)3;/h7,17,19-20H,8-16H2,1-6H3;1H. The van der Waals surface area contributed by atoms with E-state index in [0.717, 1.165) is 17.8 Å². The summed E-state index contributed by atoms with van der Waals surface area (Å²) >= 11 is 0. The van der Waals surface area contributed by atoms with E-state index in [0.29, 0.717) is 0 Å². The molecule has 0 aliphatic rings. The molecular weight excluding hydrogens is 276 g/mol. The van der Waals surface area contributed by atoms with Gasteiger partial charge in [-0.25, -0.2) is 0 Å². The van der Waals surface area contributed by atoms with Crippen molar-refractivity contribution in [3.63, 3.8) is 0 Å². The van der Waals surface area contributed by atoms with E-state index in [1.807, 2.05) is 0 Å². The summed E-state index contributed by atoms with van der Waals surface area (Å²) in [4.78, 5) is 0. The predicted octanol–water partition coefficient (Wildman–Crippen LogP) is 7.81.